The molecule has 0 bridgehead atoms. The van der Waals surface area contributed by atoms with Crippen molar-refractivity contribution in [2.45, 2.75) is 72.0 Å². The van der Waals surface area contributed by atoms with Crippen molar-refractivity contribution in [3.8, 4) is 11.5 Å². The van der Waals surface area contributed by atoms with Crippen molar-refractivity contribution >= 4 is 17.2 Å². The highest BCUT2D eigenvalue weighted by molar-refractivity contribution is 6.20. The van der Waals surface area contributed by atoms with Crippen LogP contribution in [-0.4, -0.2) is 5.88 Å². The van der Waals surface area contributed by atoms with Gasteiger partial charge in [-0.05, 0) is 72.4 Å². The Morgan fingerprint density at radius 3 is 1.92 bits per heavy atom. The molecule has 0 aromatic heterocycles. The molecule has 0 aliphatic heterocycles. The van der Waals surface area contributed by atoms with Crippen LogP contribution in [0, 0.1) is 5.92 Å². The molecule has 2 nitrogen and oxygen atoms in total. The first-order valence-electron chi connectivity index (χ1n) is 13.5. The molecule has 0 saturated heterocycles. The second kappa shape index (κ2) is 13.6. The minimum atomic E-state index is 0.531. The maximum atomic E-state index is 6.59. The van der Waals surface area contributed by atoms with Crippen molar-refractivity contribution in [1.29, 1.82) is 0 Å². The third kappa shape index (κ3) is 7.17. The fraction of sp³-hybridized carbons (Fsp3) is 0.394. The largest absolute Gasteiger partial charge is 0.488 e. The molecule has 0 heterocycles. The summed E-state index contributed by atoms with van der Waals surface area (Å²) < 4.78 is 13.2. The van der Waals surface area contributed by atoms with Gasteiger partial charge < -0.3 is 9.47 Å². The molecule has 3 heteroatoms. The van der Waals surface area contributed by atoms with Gasteiger partial charge in [0.25, 0.3) is 0 Å². The van der Waals surface area contributed by atoms with Crippen molar-refractivity contribution in [3.05, 3.63) is 101 Å². The van der Waals surface area contributed by atoms with Crippen molar-refractivity contribution in [2.75, 3.05) is 5.88 Å². The fourth-order valence-electron chi connectivity index (χ4n) is 4.96. The number of benzene rings is 3. The molecule has 3 aromatic carbocycles. The Hall–Kier alpha value is -2.71. The molecule has 1 aliphatic rings. The zero-order valence-corrected chi connectivity index (χ0v) is 22.5. The van der Waals surface area contributed by atoms with Gasteiger partial charge >= 0.3 is 0 Å². The lowest BCUT2D eigenvalue weighted by Crippen LogP contribution is -2.11. The summed E-state index contributed by atoms with van der Waals surface area (Å²) in [5.74, 6) is 3.00. The Bertz CT molecular complexity index is 1060. The van der Waals surface area contributed by atoms with Crippen LogP contribution in [0.5, 0.6) is 11.5 Å². The number of hydrogen-bond donors (Lipinski definition) is 0. The number of rotatable bonds is 12. The Morgan fingerprint density at radius 1 is 0.806 bits per heavy atom. The summed E-state index contributed by atoms with van der Waals surface area (Å²) in [5.41, 5.74) is 7.33. The standard InChI is InChI=1S/C33H39ClO2/c1-3-4-7-16-28-20-31(35-23-26-12-8-5-9-13-26)33(30-19-25(2)17-18-29(30)22-34)32(21-28)36-24-27-14-10-6-11-15-27/h5-6,8-15,20-21,25H,3-4,7,16-19,22-24H2,1-2H3. The minimum absolute atomic E-state index is 0.531. The highest BCUT2D eigenvalue weighted by Crippen LogP contribution is 2.45. The lowest BCUT2D eigenvalue weighted by atomic mass is 9.81. The fourth-order valence-corrected chi connectivity index (χ4v) is 5.25. The number of unbranched alkanes of at least 4 members (excludes halogenated alkanes) is 2. The van der Waals surface area contributed by atoms with Crippen LogP contribution in [0.1, 0.15) is 74.6 Å². The van der Waals surface area contributed by atoms with Gasteiger partial charge in [-0.15, -0.1) is 11.6 Å². The zero-order valence-electron chi connectivity index (χ0n) is 21.8. The molecule has 0 radical (unpaired) electrons. The topological polar surface area (TPSA) is 18.5 Å². The van der Waals surface area contributed by atoms with Crippen LogP contribution >= 0.6 is 11.6 Å². The van der Waals surface area contributed by atoms with Crippen molar-refractivity contribution in [1.82, 2.24) is 0 Å². The summed E-state index contributed by atoms with van der Waals surface area (Å²) >= 11 is 6.50. The normalized spacial score (nSPS) is 15.7. The number of hydrogen-bond acceptors (Lipinski definition) is 2. The van der Waals surface area contributed by atoms with Gasteiger partial charge in [-0.1, -0.05) is 92.9 Å². The van der Waals surface area contributed by atoms with E-state index in [1.54, 1.807) is 0 Å². The van der Waals surface area contributed by atoms with Crippen molar-refractivity contribution in [2.24, 2.45) is 5.92 Å². The van der Waals surface area contributed by atoms with Gasteiger partial charge in [0.15, 0.2) is 0 Å². The molecule has 0 saturated carbocycles. The molecule has 1 atom stereocenters. The first-order chi connectivity index (χ1) is 17.7. The quantitative estimate of drug-likeness (QED) is 0.181. The van der Waals surface area contributed by atoms with Gasteiger partial charge in [0.05, 0.1) is 5.56 Å². The van der Waals surface area contributed by atoms with Gasteiger partial charge in [-0.3, -0.25) is 0 Å². The van der Waals surface area contributed by atoms with E-state index in [0.717, 1.165) is 47.5 Å². The minimum Gasteiger partial charge on any atom is -0.488 e. The lowest BCUT2D eigenvalue weighted by molar-refractivity contribution is 0.287. The summed E-state index contributed by atoms with van der Waals surface area (Å²) in [4.78, 5) is 0. The van der Waals surface area contributed by atoms with E-state index in [1.165, 1.54) is 42.4 Å². The maximum absolute atomic E-state index is 6.59. The van der Waals surface area contributed by atoms with Gasteiger partial charge in [-0.25, -0.2) is 0 Å². The SMILES string of the molecule is CCCCCc1cc(OCc2ccccc2)c(C2=C(CCl)CCC(C)C2)c(OCc2ccccc2)c1. The molecule has 0 N–H and O–H groups in total. The molecule has 0 amide bonds. The van der Waals surface area contributed by atoms with Crippen LogP contribution in [0.2, 0.25) is 0 Å². The smallest absolute Gasteiger partial charge is 0.131 e. The van der Waals surface area contributed by atoms with Crippen LogP contribution in [0.4, 0.5) is 0 Å². The number of allylic oxidation sites excluding steroid dienone is 2. The molecule has 1 unspecified atom stereocenters. The Kier molecular flexibility index (Phi) is 9.93. The molecule has 0 spiro atoms. The summed E-state index contributed by atoms with van der Waals surface area (Å²) in [6.07, 6.45) is 7.84. The lowest BCUT2D eigenvalue weighted by Gasteiger charge is -2.28. The third-order valence-corrected chi connectivity index (χ3v) is 7.37. The number of halogens is 1. The molecule has 4 rings (SSSR count). The molecular formula is C33H39ClO2. The average Bonchev–Trinajstić information content (AvgIpc) is 2.92. The molecule has 36 heavy (non-hydrogen) atoms. The van der Waals surface area contributed by atoms with E-state index >= 15 is 0 Å². The predicted molar refractivity (Wildman–Crippen MR) is 152 cm³/mol. The highest BCUT2D eigenvalue weighted by atomic mass is 35.5. The zero-order chi connectivity index (χ0) is 25.2. The first-order valence-corrected chi connectivity index (χ1v) is 14.0. The third-order valence-electron chi connectivity index (χ3n) is 7.05. The molecule has 3 aromatic rings. The summed E-state index contributed by atoms with van der Waals surface area (Å²) in [5, 5.41) is 0. The summed E-state index contributed by atoms with van der Waals surface area (Å²) in [6.45, 7) is 5.64. The van der Waals surface area contributed by atoms with Crippen LogP contribution in [0.15, 0.2) is 78.4 Å². The Morgan fingerprint density at radius 2 is 1.39 bits per heavy atom. The maximum Gasteiger partial charge on any atom is 0.131 e. The van der Waals surface area contributed by atoms with E-state index in [9.17, 15) is 0 Å². The van der Waals surface area contributed by atoms with E-state index in [-0.39, 0.29) is 0 Å². The monoisotopic (exact) mass is 502 g/mol. The first kappa shape index (κ1) is 26.4. The number of alkyl halides is 1. The average molecular weight is 503 g/mol. The molecule has 1 aliphatic carbocycles. The van der Waals surface area contributed by atoms with Crippen molar-refractivity contribution < 1.29 is 9.47 Å². The molecule has 190 valence electrons. The van der Waals surface area contributed by atoms with E-state index in [1.807, 2.05) is 12.1 Å². The number of ether oxygens (including phenoxy) is 2. The van der Waals surface area contributed by atoms with E-state index in [4.69, 9.17) is 21.1 Å². The summed E-state index contributed by atoms with van der Waals surface area (Å²) in [7, 11) is 0. The van der Waals surface area contributed by atoms with Gasteiger partial charge in [-0.2, -0.15) is 0 Å². The van der Waals surface area contributed by atoms with Crippen LogP contribution < -0.4 is 9.47 Å². The predicted octanol–water partition coefficient (Wildman–Crippen LogP) is 9.39. The van der Waals surface area contributed by atoms with Gasteiger partial charge in [0, 0.05) is 5.88 Å². The van der Waals surface area contributed by atoms with Crippen molar-refractivity contribution in [3.63, 3.8) is 0 Å². The second-order valence-electron chi connectivity index (χ2n) is 10.0. The van der Waals surface area contributed by atoms with E-state index < -0.39 is 0 Å². The van der Waals surface area contributed by atoms with E-state index in [2.05, 4.69) is 74.5 Å². The van der Waals surface area contributed by atoms with Gasteiger partial charge in [0.1, 0.15) is 24.7 Å². The van der Waals surface area contributed by atoms with E-state index in [0.29, 0.717) is 25.0 Å². The number of aryl methyl sites for hydroxylation is 1. The van der Waals surface area contributed by atoms with Gasteiger partial charge in [0.2, 0.25) is 0 Å². The van der Waals surface area contributed by atoms with Crippen LogP contribution in [0.25, 0.3) is 5.57 Å². The Labute approximate surface area is 222 Å². The summed E-state index contributed by atoms with van der Waals surface area (Å²) in [6, 6.07) is 25.3. The highest BCUT2D eigenvalue weighted by Gasteiger charge is 2.25. The second-order valence-corrected chi connectivity index (χ2v) is 10.3. The van der Waals surface area contributed by atoms with Crippen LogP contribution in [0.3, 0.4) is 0 Å². The van der Waals surface area contributed by atoms with Crippen LogP contribution in [-0.2, 0) is 19.6 Å². The molecular weight excluding hydrogens is 464 g/mol. The Balaban J connectivity index is 1.76. The molecule has 0 fully saturated rings.